The molecule has 2 aliphatic heterocycles. The lowest BCUT2D eigenvalue weighted by atomic mass is 9.85. The van der Waals surface area contributed by atoms with Gasteiger partial charge < -0.3 is 15.5 Å². The molecule has 0 saturated carbocycles. The van der Waals surface area contributed by atoms with Crippen LogP contribution in [-0.4, -0.2) is 46.3 Å². The monoisotopic (exact) mass is 333 g/mol. The number of benzene rings is 1. The van der Waals surface area contributed by atoms with Crippen LogP contribution in [0.1, 0.15) is 13.8 Å². The molecule has 4 rings (SSSR count). The van der Waals surface area contributed by atoms with Crippen molar-refractivity contribution in [3.8, 4) is 0 Å². The standard InChI is InChI=1S/C16H20ClN5O/c1-16(2)12-8-21(6-9(12)7-22(16)15(18)23)14-4-10(17)3-13-11(14)5-19-20-13/h3-5,9,12H,6-8H2,1-2H3,(H2,18,23)(H,19,20). The minimum Gasteiger partial charge on any atom is -0.370 e. The first-order valence-electron chi connectivity index (χ1n) is 7.82. The Kier molecular flexibility index (Phi) is 3.04. The van der Waals surface area contributed by atoms with Crippen LogP contribution in [0.3, 0.4) is 0 Å². The molecule has 122 valence electrons. The van der Waals surface area contributed by atoms with Crippen LogP contribution in [0.15, 0.2) is 18.3 Å². The Morgan fingerprint density at radius 2 is 2.17 bits per heavy atom. The summed E-state index contributed by atoms with van der Waals surface area (Å²) < 4.78 is 0. The van der Waals surface area contributed by atoms with Crippen LogP contribution in [0.2, 0.25) is 5.02 Å². The number of aromatic amines is 1. The molecular formula is C16H20ClN5O. The Labute approximate surface area is 139 Å². The lowest BCUT2D eigenvalue weighted by Crippen LogP contribution is -2.50. The van der Waals surface area contributed by atoms with Crippen molar-refractivity contribution in [2.75, 3.05) is 24.5 Å². The average molecular weight is 334 g/mol. The van der Waals surface area contributed by atoms with Crippen LogP contribution < -0.4 is 10.6 Å². The van der Waals surface area contributed by atoms with E-state index in [0.717, 1.165) is 36.2 Å². The Bertz CT molecular complexity index is 786. The maximum absolute atomic E-state index is 11.7. The number of fused-ring (bicyclic) bond motifs is 2. The van der Waals surface area contributed by atoms with Crippen molar-refractivity contribution < 1.29 is 4.79 Å². The van der Waals surface area contributed by atoms with Crippen molar-refractivity contribution in [2.24, 2.45) is 17.6 Å². The van der Waals surface area contributed by atoms with Gasteiger partial charge in [0, 0.05) is 53.1 Å². The van der Waals surface area contributed by atoms with E-state index in [2.05, 4.69) is 28.9 Å². The van der Waals surface area contributed by atoms with Crippen LogP contribution in [0, 0.1) is 11.8 Å². The number of anilines is 1. The summed E-state index contributed by atoms with van der Waals surface area (Å²) in [5.74, 6) is 0.828. The van der Waals surface area contributed by atoms with E-state index in [9.17, 15) is 4.79 Å². The molecule has 2 unspecified atom stereocenters. The van der Waals surface area contributed by atoms with E-state index in [1.54, 1.807) is 0 Å². The molecule has 2 atom stereocenters. The van der Waals surface area contributed by atoms with Crippen molar-refractivity contribution in [1.82, 2.24) is 15.1 Å². The second-order valence-electron chi connectivity index (χ2n) is 7.13. The summed E-state index contributed by atoms with van der Waals surface area (Å²) in [4.78, 5) is 15.9. The Hall–Kier alpha value is -1.95. The summed E-state index contributed by atoms with van der Waals surface area (Å²) >= 11 is 6.26. The SMILES string of the molecule is CC1(C)C2CN(c3cc(Cl)cc4[nH]ncc34)CC2CN1C(N)=O. The second kappa shape index (κ2) is 4.77. The largest absolute Gasteiger partial charge is 0.370 e. The zero-order valence-electron chi connectivity index (χ0n) is 13.2. The van der Waals surface area contributed by atoms with Crippen LogP contribution in [0.5, 0.6) is 0 Å². The highest BCUT2D eigenvalue weighted by molar-refractivity contribution is 6.31. The number of H-pyrrole nitrogens is 1. The predicted octanol–water partition coefficient (Wildman–Crippen LogP) is 2.44. The number of carbonyl (C=O) groups excluding carboxylic acids is 1. The van der Waals surface area contributed by atoms with E-state index < -0.39 is 0 Å². The van der Waals surface area contributed by atoms with Gasteiger partial charge in [-0.25, -0.2) is 4.79 Å². The summed E-state index contributed by atoms with van der Waals surface area (Å²) in [7, 11) is 0. The third kappa shape index (κ3) is 2.08. The number of nitrogens with two attached hydrogens (primary N) is 1. The van der Waals surface area contributed by atoms with Gasteiger partial charge in [0.25, 0.3) is 0 Å². The smallest absolute Gasteiger partial charge is 0.315 e. The summed E-state index contributed by atoms with van der Waals surface area (Å²) in [6.45, 7) is 6.73. The molecule has 2 aliphatic rings. The molecule has 1 aromatic heterocycles. The van der Waals surface area contributed by atoms with Gasteiger partial charge in [-0.2, -0.15) is 5.10 Å². The van der Waals surface area contributed by atoms with E-state index in [4.69, 9.17) is 17.3 Å². The van der Waals surface area contributed by atoms with Gasteiger partial charge in [0.1, 0.15) is 0 Å². The third-order valence-electron chi connectivity index (χ3n) is 5.57. The quantitative estimate of drug-likeness (QED) is 0.841. The minimum atomic E-state index is -0.323. The summed E-state index contributed by atoms with van der Waals surface area (Å²) in [5.41, 5.74) is 7.38. The molecule has 6 nitrogen and oxygen atoms in total. The second-order valence-corrected chi connectivity index (χ2v) is 7.57. The molecule has 0 spiro atoms. The van der Waals surface area contributed by atoms with Gasteiger partial charge in [-0.1, -0.05) is 11.6 Å². The maximum Gasteiger partial charge on any atom is 0.315 e. The number of hydrogen-bond acceptors (Lipinski definition) is 3. The molecular weight excluding hydrogens is 314 g/mol. The van der Waals surface area contributed by atoms with E-state index in [-0.39, 0.29) is 11.6 Å². The molecule has 3 heterocycles. The molecule has 0 bridgehead atoms. The molecule has 1 aromatic carbocycles. The number of urea groups is 1. The number of halogens is 1. The summed E-state index contributed by atoms with van der Waals surface area (Å²) in [6.07, 6.45) is 1.84. The summed E-state index contributed by atoms with van der Waals surface area (Å²) in [5, 5.41) is 8.90. The first kappa shape index (κ1) is 14.6. The van der Waals surface area contributed by atoms with Crippen LogP contribution in [0.4, 0.5) is 10.5 Å². The lowest BCUT2D eigenvalue weighted by molar-refractivity contribution is 0.155. The number of aromatic nitrogens is 2. The number of amides is 2. The topological polar surface area (TPSA) is 78.2 Å². The molecule has 0 radical (unpaired) electrons. The number of likely N-dealkylation sites (tertiary alicyclic amines) is 1. The Balaban J connectivity index is 1.67. The van der Waals surface area contributed by atoms with Gasteiger partial charge in [-0.15, -0.1) is 0 Å². The van der Waals surface area contributed by atoms with Crippen molar-refractivity contribution in [3.63, 3.8) is 0 Å². The van der Waals surface area contributed by atoms with Crippen LogP contribution in [-0.2, 0) is 0 Å². The Morgan fingerprint density at radius 3 is 2.87 bits per heavy atom. The maximum atomic E-state index is 11.7. The predicted molar refractivity (Wildman–Crippen MR) is 90.7 cm³/mol. The number of rotatable bonds is 1. The number of primary amides is 1. The normalized spacial score (nSPS) is 26.0. The first-order valence-corrected chi connectivity index (χ1v) is 8.20. The molecule has 23 heavy (non-hydrogen) atoms. The molecule has 7 heteroatoms. The number of hydrogen-bond donors (Lipinski definition) is 2. The van der Waals surface area contributed by atoms with E-state index in [1.165, 1.54) is 0 Å². The van der Waals surface area contributed by atoms with Crippen LogP contribution in [0.25, 0.3) is 10.9 Å². The molecule has 2 aromatic rings. The summed E-state index contributed by atoms with van der Waals surface area (Å²) in [6, 6.07) is 3.57. The van der Waals surface area contributed by atoms with Crippen molar-refractivity contribution in [1.29, 1.82) is 0 Å². The molecule has 2 fully saturated rings. The van der Waals surface area contributed by atoms with Gasteiger partial charge in [-0.05, 0) is 26.0 Å². The van der Waals surface area contributed by atoms with Crippen molar-refractivity contribution in [2.45, 2.75) is 19.4 Å². The third-order valence-corrected chi connectivity index (χ3v) is 5.79. The van der Waals surface area contributed by atoms with Gasteiger partial charge in [0.2, 0.25) is 0 Å². The van der Waals surface area contributed by atoms with Gasteiger partial charge >= 0.3 is 6.03 Å². The van der Waals surface area contributed by atoms with Gasteiger partial charge in [-0.3, -0.25) is 5.10 Å². The van der Waals surface area contributed by atoms with E-state index >= 15 is 0 Å². The highest BCUT2D eigenvalue weighted by atomic mass is 35.5. The lowest BCUT2D eigenvalue weighted by Gasteiger charge is -2.35. The molecule has 2 saturated heterocycles. The zero-order chi connectivity index (χ0) is 16.4. The molecule has 2 amide bonds. The molecule has 0 aliphatic carbocycles. The van der Waals surface area contributed by atoms with Gasteiger partial charge in [0.15, 0.2) is 0 Å². The number of nitrogens with one attached hydrogen (secondary N) is 1. The number of nitrogens with zero attached hydrogens (tertiary/aromatic N) is 3. The fraction of sp³-hybridized carbons (Fsp3) is 0.500. The van der Waals surface area contributed by atoms with E-state index in [1.807, 2.05) is 23.2 Å². The fourth-order valence-corrected chi connectivity index (χ4v) is 4.57. The van der Waals surface area contributed by atoms with Crippen LogP contribution >= 0.6 is 11.6 Å². The first-order chi connectivity index (χ1) is 10.9. The van der Waals surface area contributed by atoms with E-state index in [0.29, 0.717) is 16.9 Å². The number of carbonyl (C=O) groups is 1. The molecule has 3 N–H and O–H groups in total. The van der Waals surface area contributed by atoms with Crippen molar-refractivity contribution in [3.05, 3.63) is 23.4 Å². The minimum absolute atomic E-state index is 0.223. The van der Waals surface area contributed by atoms with Crippen molar-refractivity contribution >= 4 is 34.2 Å². The van der Waals surface area contributed by atoms with Gasteiger partial charge in [0.05, 0.1) is 11.7 Å². The fourth-order valence-electron chi connectivity index (χ4n) is 4.36. The highest BCUT2D eigenvalue weighted by Crippen LogP contribution is 2.45. The Morgan fingerprint density at radius 1 is 1.39 bits per heavy atom. The highest BCUT2D eigenvalue weighted by Gasteiger charge is 2.53. The zero-order valence-corrected chi connectivity index (χ0v) is 14.0. The average Bonchev–Trinajstić information content (AvgIpc) is 3.13.